The third-order valence-electron chi connectivity index (χ3n) is 6.45. The molecule has 1 aliphatic rings. The average Bonchev–Trinajstić information content (AvgIpc) is 2.81. The van der Waals surface area contributed by atoms with Crippen LogP contribution in [0.2, 0.25) is 0 Å². The average molecular weight is 545 g/mol. The summed E-state index contributed by atoms with van der Waals surface area (Å²) in [6.45, 7) is 4.24. The third kappa shape index (κ3) is 15.6. The molecule has 1 fully saturated rings. The molecule has 38 heavy (non-hydrogen) atoms. The molecule has 1 heterocycles. The van der Waals surface area contributed by atoms with Crippen LogP contribution in [0.25, 0.3) is 0 Å². The van der Waals surface area contributed by atoms with Crippen LogP contribution in [-0.2, 0) is 24.0 Å². The molecule has 1 atom stereocenters. The number of Topliss-reactive ketones (excluding diaryl/α,β-unsaturated/α-hetero) is 1. The third-order valence-corrected chi connectivity index (χ3v) is 6.45. The number of likely N-dealkylation sites (N-methyl/N-ethyl adjacent to an activating group) is 1. The zero-order chi connectivity index (χ0) is 28.5. The van der Waals surface area contributed by atoms with Crippen LogP contribution in [0.15, 0.2) is 0 Å². The maximum absolute atomic E-state index is 12.6. The van der Waals surface area contributed by atoms with Crippen molar-refractivity contribution < 1.29 is 39.3 Å². The van der Waals surface area contributed by atoms with E-state index in [2.05, 4.69) is 10.6 Å². The fourth-order valence-electron chi connectivity index (χ4n) is 4.30. The number of unbranched alkanes of at least 4 members (excludes halogenated alkanes) is 1. The molecule has 1 rings (SSSR count). The lowest BCUT2D eigenvalue weighted by Crippen LogP contribution is -2.49. The van der Waals surface area contributed by atoms with E-state index in [-0.39, 0.29) is 43.9 Å². The summed E-state index contributed by atoms with van der Waals surface area (Å²) in [7, 11) is 1.74. The summed E-state index contributed by atoms with van der Waals surface area (Å²) in [5, 5.41) is 33.7. The van der Waals surface area contributed by atoms with Gasteiger partial charge >= 0.3 is 17.9 Å². The van der Waals surface area contributed by atoms with Gasteiger partial charge in [0.25, 0.3) is 0 Å². The Morgan fingerprint density at radius 2 is 1.03 bits per heavy atom. The first-order valence-corrected chi connectivity index (χ1v) is 13.0. The molecule has 0 bridgehead atoms. The molecule has 0 aromatic rings. The quantitative estimate of drug-likeness (QED) is 0.142. The first kappa shape index (κ1) is 33.4. The summed E-state index contributed by atoms with van der Waals surface area (Å²) in [4.78, 5) is 65.1. The molecular weight excluding hydrogens is 500 g/mol. The molecule has 0 aliphatic carbocycles. The van der Waals surface area contributed by atoms with Crippen LogP contribution < -0.4 is 10.6 Å². The standard InChI is InChI=1S/C24H44N6O8/c1-19(31)20(25-2)5-3-4-6-26-21(32)15-27-7-9-28(16-22(33)34)11-13-30(18-24(37)38)14-12-29(10-8-27)17-23(35)36/h20,25H,3-18H2,1-2H3,(H,26,32)(H,33,34)(H,35,36)(H,37,38)/t20-/m0/s1. The van der Waals surface area contributed by atoms with Crippen molar-refractivity contribution in [3.8, 4) is 0 Å². The molecule has 0 radical (unpaired) electrons. The lowest BCUT2D eigenvalue weighted by atomic mass is 10.1. The number of carbonyl (C=O) groups is 5. The van der Waals surface area contributed by atoms with Crippen LogP contribution >= 0.6 is 0 Å². The highest BCUT2D eigenvalue weighted by Crippen LogP contribution is 2.03. The van der Waals surface area contributed by atoms with Crippen molar-refractivity contribution in [2.45, 2.75) is 32.2 Å². The highest BCUT2D eigenvalue weighted by Gasteiger charge is 2.21. The molecule has 1 saturated heterocycles. The number of ketones is 1. The summed E-state index contributed by atoms with van der Waals surface area (Å²) in [5.74, 6) is -3.11. The van der Waals surface area contributed by atoms with Gasteiger partial charge in [-0.2, -0.15) is 0 Å². The van der Waals surface area contributed by atoms with E-state index < -0.39 is 17.9 Å². The topological polar surface area (TPSA) is 183 Å². The predicted molar refractivity (Wildman–Crippen MR) is 139 cm³/mol. The van der Waals surface area contributed by atoms with E-state index >= 15 is 0 Å². The number of carboxylic acids is 3. The van der Waals surface area contributed by atoms with Gasteiger partial charge in [0.1, 0.15) is 5.78 Å². The number of carboxylic acid groups (broad SMARTS) is 3. The van der Waals surface area contributed by atoms with Gasteiger partial charge in [0.05, 0.1) is 32.2 Å². The van der Waals surface area contributed by atoms with E-state index in [1.165, 1.54) is 0 Å². The lowest BCUT2D eigenvalue weighted by molar-refractivity contribution is -0.140. The number of amides is 1. The van der Waals surface area contributed by atoms with Gasteiger partial charge in [-0.3, -0.25) is 43.6 Å². The van der Waals surface area contributed by atoms with E-state index in [1.54, 1.807) is 28.7 Å². The van der Waals surface area contributed by atoms with E-state index in [1.807, 2.05) is 4.90 Å². The fraction of sp³-hybridized carbons (Fsp3) is 0.792. The summed E-state index contributed by atoms with van der Waals surface area (Å²) in [6.07, 6.45) is 2.20. The molecule has 0 aromatic heterocycles. The fourth-order valence-corrected chi connectivity index (χ4v) is 4.30. The molecule has 0 unspecified atom stereocenters. The smallest absolute Gasteiger partial charge is 0.317 e. The zero-order valence-electron chi connectivity index (χ0n) is 22.6. The summed E-state index contributed by atoms with van der Waals surface area (Å²) in [6, 6.07) is -0.188. The predicted octanol–water partition coefficient (Wildman–Crippen LogP) is -2.07. The van der Waals surface area contributed by atoms with Gasteiger partial charge in [0, 0.05) is 58.9 Å². The van der Waals surface area contributed by atoms with E-state index in [9.17, 15) is 39.3 Å². The van der Waals surface area contributed by atoms with Crippen molar-refractivity contribution in [1.29, 1.82) is 0 Å². The van der Waals surface area contributed by atoms with Crippen molar-refractivity contribution in [3.05, 3.63) is 0 Å². The van der Waals surface area contributed by atoms with Gasteiger partial charge in [0.15, 0.2) is 0 Å². The number of rotatable bonds is 15. The largest absolute Gasteiger partial charge is 0.480 e. The Morgan fingerprint density at radius 1 is 0.658 bits per heavy atom. The molecule has 0 aromatic carbocycles. The second-order valence-corrected chi connectivity index (χ2v) is 9.58. The van der Waals surface area contributed by atoms with Gasteiger partial charge in [-0.05, 0) is 33.2 Å². The molecule has 0 saturated carbocycles. The summed E-state index contributed by atoms with van der Waals surface area (Å²) in [5.41, 5.74) is 0. The number of hydrogen-bond acceptors (Lipinski definition) is 10. The van der Waals surface area contributed by atoms with Crippen LogP contribution in [0.4, 0.5) is 0 Å². The molecule has 0 spiro atoms. The van der Waals surface area contributed by atoms with Crippen LogP contribution in [0, 0.1) is 0 Å². The summed E-state index contributed by atoms with van der Waals surface area (Å²) < 4.78 is 0. The number of nitrogens with zero attached hydrogens (tertiary/aromatic N) is 4. The van der Waals surface area contributed by atoms with Gasteiger partial charge in [-0.25, -0.2) is 0 Å². The zero-order valence-corrected chi connectivity index (χ0v) is 22.6. The van der Waals surface area contributed by atoms with E-state index in [0.29, 0.717) is 65.3 Å². The molecule has 14 nitrogen and oxygen atoms in total. The van der Waals surface area contributed by atoms with E-state index in [0.717, 1.165) is 12.8 Å². The maximum atomic E-state index is 12.6. The Morgan fingerprint density at radius 3 is 1.34 bits per heavy atom. The number of carbonyl (C=O) groups excluding carboxylic acids is 2. The van der Waals surface area contributed by atoms with Crippen molar-refractivity contribution in [3.63, 3.8) is 0 Å². The molecular formula is C24H44N6O8. The molecule has 218 valence electrons. The van der Waals surface area contributed by atoms with Gasteiger partial charge in [0.2, 0.25) is 5.91 Å². The first-order valence-electron chi connectivity index (χ1n) is 13.0. The molecule has 14 heteroatoms. The number of aliphatic carboxylic acids is 3. The monoisotopic (exact) mass is 544 g/mol. The maximum Gasteiger partial charge on any atom is 0.317 e. The van der Waals surface area contributed by atoms with Crippen molar-refractivity contribution in [2.75, 3.05) is 92.1 Å². The van der Waals surface area contributed by atoms with Crippen molar-refractivity contribution in [1.82, 2.24) is 30.2 Å². The Kier molecular flexibility index (Phi) is 16.3. The van der Waals surface area contributed by atoms with Crippen molar-refractivity contribution in [2.24, 2.45) is 0 Å². The SMILES string of the molecule is CN[C@@H](CCCCNC(=O)CN1CCN(CC(=O)O)CCN(CC(=O)O)CCN(CC(=O)O)CC1)C(C)=O. The summed E-state index contributed by atoms with van der Waals surface area (Å²) >= 11 is 0. The number of nitrogens with one attached hydrogen (secondary N) is 2. The van der Waals surface area contributed by atoms with Gasteiger partial charge in [-0.1, -0.05) is 0 Å². The number of hydrogen-bond donors (Lipinski definition) is 5. The Labute approximate surface area is 223 Å². The molecule has 1 amide bonds. The minimum absolute atomic E-state index is 0.0790. The Hall–Kier alpha value is -2.65. The molecule has 5 N–H and O–H groups in total. The normalized spacial score (nSPS) is 18.2. The van der Waals surface area contributed by atoms with Crippen LogP contribution in [-0.4, -0.2) is 163 Å². The highest BCUT2D eigenvalue weighted by molar-refractivity contribution is 5.81. The highest BCUT2D eigenvalue weighted by atomic mass is 16.4. The van der Waals surface area contributed by atoms with Crippen LogP contribution in [0.3, 0.4) is 0 Å². The van der Waals surface area contributed by atoms with E-state index in [4.69, 9.17) is 0 Å². The van der Waals surface area contributed by atoms with Crippen LogP contribution in [0.5, 0.6) is 0 Å². The van der Waals surface area contributed by atoms with Gasteiger partial charge < -0.3 is 26.0 Å². The van der Waals surface area contributed by atoms with Crippen LogP contribution in [0.1, 0.15) is 26.2 Å². The Balaban J connectivity index is 2.76. The van der Waals surface area contributed by atoms with Gasteiger partial charge in [-0.15, -0.1) is 0 Å². The molecule has 1 aliphatic heterocycles. The Bertz CT molecular complexity index is 751. The second kappa shape index (κ2) is 18.6. The minimum atomic E-state index is -1.01. The van der Waals surface area contributed by atoms with Crippen molar-refractivity contribution >= 4 is 29.6 Å². The lowest BCUT2D eigenvalue weighted by Gasteiger charge is -2.32. The first-order chi connectivity index (χ1) is 18.0. The minimum Gasteiger partial charge on any atom is -0.480 e. The second-order valence-electron chi connectivity index (χ2n) is 9.58.